The summed E-state index contributed by atoms with van der Waals surface area (Å²) < 4.78 is 15.5. The molecule has 0 atom stereocenters. The number of aryl methyl sites for hydroxylation is 2. The highest BCUT2D eigenvalue weighted by atomic mass is 32.1. The number of hydrogen-bond donors (Lipinski definition) is 1. The first-order chi connectivity index (χ1) is 19.8. The van der Waals surface area contributed by atoms with Crippen LogP contribution in [0.3, 0.4) is 0 Å². The number of rotatable bonds is 6. The summed E-state index contributed by atoms with van der Waals surface area (Å²) >= 11 is 1.30. The second-order valence-corrected chi connectivity index (χ2v) is 11.8. The summed E-state index contributed by atoms with van der Waals surface area (Å²) in [5.74, 6) is -0.174. The molecule has 0 spiro atoms. The number of aliphatic hydroxyl groups is 1. The summed E-state index contributed by atoms with van der Waals surface area (Å²) in [6.45, 7) is 6.57. The monoisotopic (exact) mass is 573 g/mol. The largest absolute Gasteiger partial charge is 0.389 e. The van der Waals surface area contributed by atoms with Crippen molar-refractivity contribution < 1.29 is 14.3 Å². The van der Waals surface area contributed by atoms with Gasteiger partial charge in [-0.25, -0.2) is 13.9 Å². The molecular formula is C30H32FN7O2S. The van der Waals surface area contributed by atoms with E-state index in [1.54, 1.807) is 17.0 Å². The SMILES string of the molecule is CCc1nn2c(C)cc(N3CCC(C(=O)N4CC(O)C4)CC3)cc2c1N(C)c1nc(-c2ccc(F)cc2)c(C#N)s1. The summed E-state index contributed by atoms with van der Waals surface area (Å²) in [6, 6.07) is 12.6. The van der Waals surface area contributed by atoms with E-state index >= 15 is 0 Å². The predicted octanol–water partition coefficient (Wildman–Crippen LogP) is 4.53. The van der Waals surface area contributed by atoms with Crippen molar-refractivity contribution in [3.63, 3.8) is 0 Å². The van der Waals surface area contributed by atoms with Gasteiger partial charge in [0, 0.05) is 56.1 Å². The second kappa shape index (κ2) is 10.8. The molecule has 0 aliphatic carbocycles. The fraction of sp³-hybridized carbons (Fsp3) is 0.400. The molecule has 1 aromatic carbocycles. The Balaban J connectivity index is 1.30. The molecule has 2 aliphatic rings. The number of likely N-dealkylation sites (tertiary alicyclic amines) is 1. The summed E-state index contributed by atoms with van der Waals surface area (Å²) in [5.41, 5.74) is 6.12. The topological polar surface area (TPSA) is 101 Å². The second-order valence-electron chi connectivity index (χ2n) is 10.8. The van der Waals surface area contributed by atoms with Gasteiger partial charge in [-0.3, -0.25) is 4.79 Å². The van der Waals surface area contributed by atoms with E-state index in [-0.39, 0.29) is 23.7 Å². The number of pyridine rings is 1. The molecular weight excluding hydrogens is 541 g/mol. The number of aliphatic hydroxyl groups excluding tert-OH is 1. The molecule has 5 heterocycles. The Bertz CT molecular complexity index is 1640. The summed E-state index contributed by atoms with van der Waals surface area (Å²) in [7, 11) is 1.94. The van der Waals surface area contributed by atoms with Gasteiger partial charge in [-0.1, -0.05) is 18.3 Å². The van der Waals surface area contributed by atoms with Crippen LogP contribution in [0, 0.1) is 30.0 Å². The van der Waals surface area contributed by atoms with Gasteiger partial charge in [-0.2, -0.15) is 10.4 Å². The molecule has 2 fully saturated rings. The van der Waals surface area contributed by atoms with Crippen LogP contribution >= 0.6 is 11.3 Å². The number of carbonyl (C=O) groups excluding carboxylic acids is 1. The van der Waals surface area contributed by atoms with Crippen LogP contribution in [-0.4, -0.2) is 69.8 Å². The van der Waals surface area contributed by atoms with Crippen LogP contribution < -0.4 is 9.80 Å². The normalized spacial score (nSPS) is 16.2. The van der Waals surface area contributed by atoms with Gasteiger partial charge in [-0.15, -0.1) is 0 Å². The van der Waals surface area contributed by atoms with E-state index in [0.29, 0.717) is 34.4 Å². The van der Waals surface area contributed by atoms with Gasteiger partial charge in [0.25, 0.3) is 0 Å². The number of β-amino-alcohol motifs (C(OH)–C–C–N with tert-alkyl or cyclic N) is 1. The Morgan fingerprint density at radius 1 is 1.22 bits per heavy atom. The maximum absolute atomic E-state index is 13.5. The molecule has 1 amide bonds. The fourth-order valence-electron chi connectivity index (χ4n) is 5.82. The lowest BCUT2D eigenvalue weighted by atomic mass is 9.93. The lowest BCUT2D eigenvalue weighted by Gasteiger charge is -2.40. The molecule has 4 aromatic rings. The van der Waals surface area contributed by atoms with Crippen molar-refractivity contribution in [2.75, 3.05) is 43.0 Å². The van der Waals surface area contributed by atoms with Gasteiger partial charge in [0.1, 0.15) is 22.5 Å². The number of piperidine rings is 1. The molecule has 11 heteroatoms. The number of anilines is 3. The summed E-state index contributed by atoms with van der Waals surface area (Å²) in [5, 5.41) is 25.0. The number of nitriles is 1. The molecule has 2 saturated heterocycles. The van der Waals surface area contributed by atoms with Crippen LogP contribution in [-0.2, 0) is 11.2 Å². The van der Waals surface area contributed by atoms with E-state index in [1.165, 1.54) is 23.5 Å². The number of hydrogen-bond acceptors (Lipinski definition) is 8. The van der Waals surface area contributed by atoms with Gasteiger partial charge >= 0.3 is 0 Å². The van der Waals surface area contributed by atoms with Crippen molar-refractivity contribution in [3.8, 4) is 17.3 Å². The number of aromatic nitrogens is 3. The first-order valence-electron chi connectivity index (χ1n) is 13.9. The van der Waals surface area contributed by atoms with Crippen LogP contribution in [0.25, 0.3) is 16.8 Å². The zero-order valence-corrected chi connectivity index (χ0v) is 24.2. The number of amides is 1. The van der Waals surface area contributed by atoms with Crippen LogP contribution in [0.1, 0.15) is 36.0 Å². The van der Waals surface area contributed by atoms with E-state index in [0.717, 1.165) is 60.6 Å². The highest BCUT2D eigenvalue weighted by Crippen LogP contribution is 2.39. The number of fused-ring (bicyclic) bond motifs is 1. The number of halogens is 1. The minimum Gasteiger partial charge on any atom is -0.389 e. The Morgan fingerprint density at radius 2 is 1.93 bits per heavy atom. The number of thiazole rings is 1. The first kappa shape index (κ1) is 27.2. The van der Waals surface area contributed by atoms with Crippen LogP contribution in [0.4, 0.5) is 20.9 Å². The smallest absolute Gasteiger partial charge is 0.225 e. The van der Waals surface area contributed by atoms with Gasteiger partial charge in [0.05, 0.1) is 23.0 Å². The maximum atomic E-state index is 13.5. The molecule has 212 valence electrons. The van der Waals surface area contributed by atoms with Crippen molar-refractivity contribution in [1.82, 2.24) is 19.5 Å². The first-order valence-corrected chi connectivity index (χ1v) is 14.7. The molecule has 41 heavy (non-hydrogen) atoms. The van der Waals surface area contributed by atoms with Crippen molar-refractivity contribution in [1.29, 1.82) is 5.26 Å². The third kappa shape index (κ3) is 4.91. The number of benzene rings is 1. The zero-order chi connectivity index (χ0) is 28.8. The van der Waals surface area contributed by atoms with Crippen LogP contribution in [0.5, 0.6) is 0 Å². The summed E-state index contributed by atoms with van der Waals surface area (Å²) in [6.07, 6.45) is 1.90. The Hall–Kier alpha value is -4.01. The minimum atomic E-state index is -0.380. The Labute approximate surface area is 242 Å². The number of nitrogens with zero attached hydrogens (tertiary/aromatic N) is 7. The third-order valence-corrected chi connectivity index (χ3v) is 9.15. The van der Waals surface area contributed by atoms with Crippen LogP contribution in [0.15, 0.2) is 36.4 Å². The highest BCUT2D eigenvalue weighted by Gasteiger charge is 2.35. The Kier molecular flexibility index (Phi) is 7.13. The third-order valence-electron chi connectivity index (χ3n) is 8.12. The van der Waals surface area contributed by atoms with Crippen molar-refractivity contribution in [2.45, 2.75) is 39.2 Å². The van der Waals surface area contributed by atoms with E-state index < -0.39 is 0 Å². The molecule has 1 N–H and O–H groups in total. The predicted molar refractivity (Wildman–Crippen MR) is 157 cm³/mol. The molecule has 0 bridgehead atoms. The Morgan fingerprint density at radius 3 is 2.56 bits per heavy atom. The summed E-state index contributed by atoms with van der Waals surface area (Å²) in [4.78, 5) is 24.1. The maximum Gasteiger partial charge on any atom is 0.225 e. The highest BCUT2D eigenvalue weighted by molar-refractivity contribution is 7.16. The van der Waals surface area contributed by atoms with E-state index in [1.807, 2.05) is 23.4 Å². The minimum absolute atomic E-state index is 0.00136. The van der Waals surface area contributed by atoms with Crippen molar-refractivity contribution in [2.24, 2.45) is 5.92 Å². The molecule has 0 radical (unpaired) electrons. The fourth-order valence-corrected chi connectivity index (χ4v) is 6.67. The van der Waals surface area contributed by atoms with Crippen molar-refractivity contribution >= 4 is 39.3 Å². The van der Waals surface area contributed by atoms with E-state index in [2.05, 4.69) is 30.0 Å². The standard InChI is InChI=1S/C30H32FN7O2S/c1-4-24-28(35(3)30-33-27(26(15-32)41-30)19-5-7-21(31)8-6-19)25-14-22(13-18(2)38(25)34-24)36-11-9-20(10-12-36)29(40)37-16-23(39)17-37/h5-8,13-14,20,23,39H,4,9-12,16-17H2,1-3H3. The molecule has 0 unspecified atom stereocenters. The van der Waals surface area contributed by atoms with Gasteiger partial charge < -0.3 is 19.8 Å². The molecule has 3 aromatic heterocycles. The van der Waals surface area contributed by atoms with Gasteiger partial charge in [0.2, 0.25) is 5.91 Å². The van der Waals surface area contributed by atoms with Gasteiger partial charge in [-0.05, 0) is 62.6 Å². The average Bonchev–Trinajstić information content (AvgIpc) is 3.57. The molecule has 6 rings (SSSR count). The quantitative estimate of drug-likeness (QED) is 0.362. The lowest BCUT2D eigenvalue weighted by molar-refractivity contribution is -0.146. The molecule has 9 nitrogen and oxygen atoms in total. The lowest BCUT2D eigenvalue weighted by Crippen LogP contribution is -2.56. The zero-order valence-electron chi connectivity index (χ0n) is 23.3. The molecule has 0 saturated carbocycles. The van der Waals surface area contributed by atoms with Gasteiger partial charge in [0.15, 0.2) is 5.13 Å². The average molecular weight is 574 g/mol. The number of carbonyl (C=O) groups is 1. The molecule has 2 aliphatic heterocycles. The van der Waals surface area contributed by atoms with E-state index in [9.17, 15) is 19.6 Å². The van der Waals surface area contributed by atoms with Crippen molar-refractivity contribution in [3.05, 3.63) is 58.5 Å². The van der Waals surface area contributed by atoms with E-state index in [4.69, 9.17) is 10.1 Å². The van der Waals surface area contributed by atoms with Crippen LogP contribution in [0.2, 0.25) is 0 Å².